The van der Waals surface area contributed by atoms with Crippen molar-refractivity contribution in [2.45, 2.75) is 19.9 Å². The summed E-state index contributed by atoms with van der Waals surface area (Å²) < 4.78 is 5.29. The predicted molar refractivity (Wildman–Crippen MR) is 89.1 cm³/mol. The second-order valence-electron chi connectivity index (χ2n) is 5.92. The summed E-state index contributed by atoms with van der Waals surface area (Å²) in [7, 11) is 1.57. The molecule has 2 rings (SSSR count). The SMILES string of the molecule is COc1cc(N)ccc1NC(=O)C(C(C)C)N1CCNCC1. The van der Waals surface area contributed by atoms with Gasteiger partial charge in [0.25, 0.3) is 0 Å². The molecule has 1 amide bonds. The van der Waals surface area contributed by atoms with E-state index in [-0.39, 0.29) is 17.9 Å². The van der Waals surface area contributed by atoms with Crippen molar-refractivity contribution in [3.8, 4) is 5.75 Å². The lowest BCUT2D eigenvalue weighted by atomic mass is 10.0. The average Bonchev–Trinajstić information content (AvgIpc) is 2.50. The number of piperazine rings is 1. The molecule has 0 bridgehead atoms. The molecule has 1 saturated heterocycles. The molecular weight excluding hydrogens is 280 g/mol. The van der Waals surface area contributed by atoms with E-state index in [0.29, 0.717) is 17.1 Å². The Balaban J connectivity index is 2.14. The third-order valence-corrected chi connectivity index (χ3v) is 3.93. The van der Waals surface area contributed by atoms with Crippen molar-refractivity contribution in [1.82, 2.24) is 10.2 Å². The van der Waals surface area contributed by atoms with Gasteiger partial charge in [-0.3, -0.25) is 9.69 Å². The summed E-state index contributed by atoms with van der Waals surface area (Å²) in [5.74, 6) is 0.814. The Hall–Kier alpha value is -1.79. The minimum absolute atomic E-state index is 0.0000265. The lowest BCUT2D eigenvalue weighted by Gasteiger charge is -2.36. The van der Waals surface area contributed by atoms with Gasteiger partial charge >= 0.3 is 0 Å². The van der Waals surface area contributed by atoms with Crippen LogP contribution in [0.5, 0.6) is 5.75 Å². The molecular formula is C16H26N4O2. The fourth-order valence-electron chi connectivity index (χ4n) is 2.87. The van der Waals surface area contributed by atoms with E-state index in [9.17, 15) is 4.79 Å². The van der Waals surface area contributed by atoms with Gasteiger partial charge in [0.1, 0.15) is 5.75 Å². The van der Waals surface area contributed by atoms with Crippen molar-refractivity contribution in [2.75, 3.05) is 44.3 Å². The summed E-state index contributed by atoms with van der Waals surface area (Å²) in [6.07, 6.45) is 0. The molecule has 1 atom stereocenters. The molecule has 1 heterocycles. The number of nitrogens with one attached hydrogen (secondary N) is 2. The normalized spacial score (nSPS) is 17.3. The molecule has 0 saturated carbocycles. The Morgan fingerprint density at radius 3 is 2.64 bits per heavy atom. The van der Waals surface area contributed by atoms with Crippen LogP contribution in [0.25, 0.3) is 0 Å². The number of methoxy groups -OCH3 is 1. The lowest BCUT2D eigenvalue weighted by Crippen LogP contribution is -2.54. The number of carbonyl (C=O) groups is 1. The van der Waals surface area contributed by atoms with E-state index in [2.05, 4.69) is 29.4 Å². The van der Waals surface area contributed by atoms with Crippen molar-refractivity contribution in [2.24, 2.45) is 5.92 Å². The first-order valence-corrected chi connectivity index (χ1v) is 7.72. The number of ether oxygens (including phenoxy) is 1. The highest BCUT2D eigenvalue weighted by molar-refractivity contribution is 5.96. The van der Waals surface area contributed by atoms with Gasteiger partial charge in [-0.15, -0.1) is 0 Å². The molecule has 1 fully saturated rings. The van der Waals surface area contributed by atoms with Gasteiger partial charge in [-0.1, -0.05) is 13.8 Å². The third kappa shape index (κ3) is 3.90. The van der Waals surface area contributed by atoms with Crippen LogP contribution >= 0.6 is 0 Å². The quantitative estimate of drug-likeness (QED) is 0.711. The molecule has 122 valence electrons. The largest absolute Gasteiger partial charge is 0.494 e. The number of nitrogens with zero attached hydrogens (tertiary/aromatic N) is 1. The molecule has 1 unspecified atom stereocenters. The van der Waals surface area contributed by atoms with E-state index in [1.807, 2.05) is 0 Å². The maximum atomic E-state index is 12.7. The molecule has 0 aromatic heterocycles. The maximum Gasteiger partial charge on any atom is 0.242 e. The highest BCUT2D eigenvalue weighted by Gasteiger charge is 2.30. The van der Waals surface area contributed by atoms with Crippen LogP contribution in [0.2, 0.25) is 0 Å². The van der Waals surface area contributed by atoms with Crippen molar-refractivity contribution >= 4 is 17.3 Å². The van der Waals surface area contributed by atoms with Gasteiger partial charge in [0.05, 0.1) is 18.8 Å². The Morgan fingerprint density at radius 2 is 2.05 bits per heavy atom. The summed E-state index contributed by atoms with van der Waals surface area (Å²) in [5.41, 5.74) is 7.01. The van der Waals surface area contributed by atoms with Gasteiger partial charge in [-0.05, 0) is 18.1 Å². The maximum absolute atomic E-state index is 12.7. The highest BCUT2D eigenvalue weighted by Crippen LogP contribution is 2.27. The molecule has 1 aromatic rings. The Kier molecular flexibility index (Phi) is 5.63. The van der Waals surface area contributed by atoms with Crippen LogP contribution in [0.1, 0.15) is 13.8 Å². The zero-order valence-electron chi connectivity index (χ0n) is 13.6. The van der Waals surface area contributed by atoms with Crippen LogP contribution in [-0.2, 0) is 4.79 Å². The fraction of sp³-hybridized carbons (Fsp3) is 0.562. The first-order chi connectivity index (χ1) is 10.5. The van der Waals surface area contributed by atoms with Gasteiger partial charge in [-0.25, -0.2) is 0 Å². The van der Waals surface area contributed by atoms with E-state index in [4.69, 9.17) is 10.5 Å². The van der Waals surface area contributed by atoms with Crippen LogP contribution < -0.4 is 21.1 Å². The van der Waals surface area contributed by atoms with E-state index in [1.165, 1.54) is 0 Å². The Bertz CT molecular complexity index is 513. The van der Waals surface area contributed by atoms with Gasteiger partial charge in [0.15, 0.2) is 0 Å². The average molecular weight is 306 g/mol. The highest BCUT2D eigenvalue weighted by atomic mass is 16.5. The minimum atomic E-state index is -0.149. The number of nitrogens with two attached hydrogens (primary N) is 1. The van der Waals surface area contributed by atoms with Crippen LogP contribution in [0, 0.1) is 5.92 Å². The number of hydrogen-bond donors (Lipinski definition) is 3. The summed E-state index contributed by atoms with van der Waals surface area (Å²) >= 11 is 0. The van der Waals surface area contributed by atoms with E-state index >= 15 is 0 Å². The van der Waals surface area contributed by atoms with Crippen LogP contribution in [-0.4, -0.2) is 50.1 Å². The third-order valence-electron chi connectivity index (χ3n) is 3.93. The fourth-order valence-corrected chi connectivity index (χ4v) is 2.87. The molecule has 0 aliphatic carbocycles. The first-order valence-electron chi connectivity index (χ1n) is 7.72. The van der Waals surface area contributed by atoms with Crippen molar-refractivity contribution in [1.29, 1.82) is 0 Å². The Morgan fingerprint density at radius 1 is 1.36 bits per heavy atom. The molecule has 6 heteroatoms. The number of hydrogen-bond acceptors (Lipinski definition) is 5. The molecule has 0 spiro atoms. The van der Waals surface area contributed by atoms with Crippen LogP contribution in [0.3, 0.4) is 0 Å². The van der Waals surface area contributed by atoms with E-state index in [1.54, 1.807) is 25.3 Å². The summed E-state index contributed by atoms with van der Waals surface area (Å²) in [4.78, 5) is 15.0. The summed E-state index contributed by atoms with van der Waals surface area (Å²) in [6, 6.07) is 5.10. The summed E-state index contributed by atoms with van der Waals surface area (Å²) in [6.45, 7) is 7.76. The molecule has 6 nitrogen and oxygen atoms in total. The standard InChI is InChI=1S/C16H26N4O2/c1-11(2)15(20-8-6-18-7-9-20)16(21)19-13-5-4-12(17)10-14(13)22-3/h4-5,10-11,15,18H,6-9,17H2,1-3H3,(H,19,21). The van der Waals surface area contributed by atoms with Gasteiger partial charge in [-0.2, -0.15) is 0 Å². The predicted octanol–water partition coefficient (Wildman–Crippen LogP) is 1.15. The van der Waals surface area contributed by atoms with Crippen LogP contribution in [0.4, 0.5) is 11.4 Å². The molecule has 4 N–H and O–H groups in total. The molecule has 1 aliphatic rings. The zero-order chi connectivity index (χ0) is 16.1. The second-order valence-corrected chi connectivity index (χ2v) is 5.92. The molecule has 0 radical (unpaired) electrons. The number of carbonyl (C=O) groups excluding carboxylic acids is 1. The number of amides is 1. The molecule has 1 aromatic carbocycles. The zero-order valence-corrected chi connectivity index (χ0v) is 13.6. The lowest BCUT2D eigenvalue weighted by molar-refractivity contribution is -0.123. The first kappa shape index (κ1) is 16.6. The number of rotatable bonds is 5. The van der Waals surface area contributed by atoms with Gasteiger partial charge in [0, 0.05) is 37.9 Å². The Labute approximate surface area is 132 Å². The van der Waals surface area contributed by atoms with E-state index in [0.717, 1.165) is 26.2 Å². The number of benzene rings is 1. The number of anilines is 2. The topological polar surface area (TPSA) is 79.6 Å². The van der Waals surface area contributed by atoms with Crippen molar-refractivity contribution < 1.29 is 9.53 Å². The second kappa shape index (κ2) is 7.47. The molecule has 1 aliphatic heterocycles. The number of nitrogen functional groups attached to an aromatic ring is 1. The summed E-state index contributed by atoms with van der Waals surface area (Å²) in [5, 5.41) is 6.30. The smallest absolute Gasteiger partial charge is 0.242 e. The van der Waals surface area contributed by atoms with Crippen molar-refractivity contribution in [3.63, 3.8) is 0 Å². The van der Waals surface area contributed by atoms with Crippen LogP contribution in [0.15, 0.2) is 18.2 Å². The van der Waals surface area contributed by atoms with Gasteiger partial charge < -0.3 is 21.1 Å². The van der Waals surface area contributed by atoms with E-state index < -0.39 is 0 Å². The molecule has 22 heavy (non-hydrogen) atoms. The van der Waals surface area contributed by atoms with Gasteiger partial charge in [0.2, 0.25) is 5.91 Å². The monoisotopic (exact) mass is 306 g/mol. The van der Waals surface area contributed by atoms with Crippen molar-refractivity contribution in [3.05, 3.63) is 18.2 Å². The minimum Gasteiger partial charge on any atom is -0.494 e.